The Labute approximate surface area is 218 Å². The number of para-hydroxylation sites is 1. The van der Waals surface area contributed by atoms with Crippen LogP contribution < -0.4 is 14.8 Å². The first-order chi connectivity index (χ1) is 18.2. The Bertz CT molecular complexity index is 1430. The number of aryl methyl sites for hydroxylation is 1. The van der Waals surface area contributed by atoms with Crippen LogP contribution in [0.15, 0.2) is 84.9 Å². The number of anilines is 1. The molecule has 0 radical (unpaired) electrons. The molecule has 0 spiro atoms. The molecule has 0 atom stereocenters. The van der Waals surface area contributed by atoms with Crippen molar-refractivity contribution in [2.24, 2.45) is 0 Å². The summed E-state index contributed by atoms with van der Waals surface area (Å²) in [4.78, 5) is 12.5. The lowest BCUT2D eigenvalue weighted by molar-refractivity contribution is -0.137. The number of methoxy groups -OCH3 is 1. The quantitative estimate of drug-likeness (QED) is 0.256. The molecular weight excluding hydrogens is 495 g/mol. The Morgan fingerprint density at radius 1 is 1.03 bits per heavy atom. The average Bonchev–Trinajstić information content (AvgIpc) is 3.24. The molecule has 3 aromatic carbocycles. The van der Waals surface area contributed by atoms with Crippen LogP contribution >= 0.6 is 0 Å². The number of hydrogen-bond donors (Lipinski definition) is 1. The number of ether oxygens (including phenoxy) is 2. The third-order valence-corrected chi connectivity index (χ3v) is 5.69. The molecule has 0 unspecified atom stereocenters. The number of rotatable bonds is 9. The fourth-order valence-corrected chi connectivity index (χ4v) is 3.78. The van der Waals surface area contributed by atoms with Gasteiger partial charge in [0.15, 0.2) is 5.82 Å². The van der Waals surface area contributed by atoms with Crippen molar-refractivity contribution >= 4 is 17.8 Å². The van der Waals surface area contributed by atoms with Gasteiger partial charge in [0, 0.05) is 23.4 Å². The maximum atomic E-state index is 13.0. The predicted molar refractivity (Wildman–Crippen MR) is 139 cm³/mol. The van der Waals surface area contributed by atoms with E-state index in [-0.39, 0.29) is 6.54 Å². The average molecular weight is 522 g/mol. The minimum absolute atomic E-state index is 0.140. The molecule has 9 heteroatoms. The second-order valence-corrected chi connectivity index (χ2v) is 8.52. The number of carbonyl (C=O) groups is 1. The summed E-state index contributed by atoms with van der Waals surface area (Å²) >= 11 is 0. The molecule has 0 aliphatic heterocycles. The maximum absolute atomic E-state index is 13.0. The number of hydrogen-bond acceptors (Lipinski definition) is 4. The summed E-state index contributed by atoms with van der Waals surface area (Å²) in [6.07, 6.45) is -1.38. The van der Waals surface area contributed by atoms with Gasteiger partial charge in [0.1, 0.15) is 18.1 Å². The van der Waals surface area contributed by atoms with E-state index in [9.17, 15) is 18.0 Å². The van der Waals surface area contributed by atoms with Crippen molar-refractivity contribution in [3.05, 3.63) is 113 Å². The van der Waals surface area contributed by atoms with Crippen LogP contribution in [0.25, 0.3) is 6.08 Å². The van der Waals surface area contributed by atoms with Gasteiger partial charge in [0.05, 0.1) is 19.2 Å². The van der Waals surface area contributed by atoms with Crippen LogP contribution in [0, 0.1) is 6.92 Å². The van der Waals surface area contributed by atoms with Gasteiger partial charge in [-0.05, 0) is 60.5 Å². The van der Waals surface area contributed by atoms with E-state index in [1.807, 2.05) is 42.5 Å². The first-order valence-electron chi connectivity index (χ1n) is 11.8. The van der Waals surface area contributed by atoms with Gasteiger partial charge in [0.25, 0.3) is 0 Å². The first kappa shape index (κ1) is 26.5. The molecule has 1 heterocycles. The molecule has 6 nitrogen and oxygen atoms in total. The van der Waals surface area contributed by atoms with Gasteiger partial charge in [-0.15, -0.1) is 0 Å². The molecule has 1 aromatic heterocycles. The van der Waals surface area contributed by atoms with Gasteiger partial charge in [-0.1, -0.05) is 36.4 Å². The van der Waals surface area contributed by atoms with E-state index in [0.717, 1.165) is 29.0 Å². The third kappa shape index (κ3) is 7.03. The zero-order valence-electron chi connectivity index (χ0n) is 20.8. The van der Waals surface area contributed by atoms with Gasteiger partial charge in [-0.25, -0.2) is 0 Å². The Hall–Kier alpha value is -4.53. The Morgan fingerprint density at radius 2 is 1.82 bits per heavy atom. The van der Waals surface area contributed by atoms with Crippen LogP contribution in [0.4, 0.5) is 19.0 Å². The predicted octanol–water partition coefficient (Wildman–Crippen LogP) is 6.50. The summed E-state index contributed by atoms with van der Waals surface area (Å²) in [5.74, 6) is 1.31. The highest BCUT2D eigenvalue weighted by Crippen LogP contribution is 2.30. The van der Waals surface area contributed by atoms with Crippen LogP contribution in [-0.4, -0.2) is 22.8 Å². The van der Waals surface area contributed by atoms with Crippen molar-refractivity contribution in [2.75, 3.05) is 12.4 Å². The van der Waals surface area contributed by atoms with E-state index < -0.39 is 17.6 Å². The fraction of sp³-hybridized carbons (Fsp3) is 0.172. The van der Waals surface area contributed by atoms with Gasteiger partial charge in [0.2, 0.25) is 5.91 Å². The lowest BCUT2D eigenvalue weighted by atomic mass is 10.1. The van der Waals surface area contributed by atoms with E-state index in [0.29, 0.717) is 29.4 Å². The number of benzene rings is 3. The molecule has 1 amide bonds. The lowest BCUT2D eigenvalue weighted by Crippen LogP contribution is -2.10. The molecule has 0 saturated heterocycles. The summed E-state index contributed by atoms with van der Waals surface area (Å²) in [6, 6.07) is 21.7. The Balaban J connectivity index is 1.40. The van der Waals surface area contributed by atoms with Crippen LogP contribution in [0.3, 0.4) is 0 Å². The summed E-state index contributed by atoms with van der Waals surface area (Å²) in [6.45, 7) is 2.20. The molecule has 38 heavy (non-hydrogen) atoms. The molecule has 196 valence electrons. The number of amides is 1. The molecular formula is C29H26F3N3O3. The minimum atomic E-state index is -4.42. The smallest absolute Gasteiger partial charge is 0.416 e. The van der Waals surface area contributed by atoms with Crippen molar-refractivity contribution in [2.45, 2.75) is 26.3 Å². The fourth-order valence-electron chi connectivity index (χ4n) is 3.78. The highest BCUT2D eigenvalue weighted by Gasteiger charge is 2.30. The Morgan fingerprint density at radius 3 is 2.55 bits per heavy atom. The molecule has 4 rings (SSSR count). The molecule has 1 N–H and O–H groups in total. The second-order valence-electron chi connectivity index (χ2n) is 8.52. The van der Waals surface area contributed by atoms with Crippen molar-refractivity contribution < 1.29 is 27.4 Å². The molecule has 0 fully saturated rings. The number of halogens is 3. The zero-order chi connectivity index (χ0) is 27.1. The number of carbonyl (C=O) groups excluding carboxylic acids is 1. The molecule has 4 aromatic rings. The van der Waals surface area contributed by atoms with Crippen molar-refractivity contribution in [3.63, 3.8) is 0 Å². The summed E-state index contributed by atoms with van der Waals surface area (Å²) < 4.78 is 51.8. The standard InChI is InChI=1S/C29H26F3N3O3/c1-20-15-27(34-35(20)18-22-7-6-8-24(17-22)29(30,31)32)33-28(36)14-12-21-11-13-26(37-2)23(16-21)19-38-25-9-4-3-5-10-25/h3-17H,18-19H2,1-2H3,(H,33,34,36)/b14-12+. The number of alkyl halides is 3. The minimum Gasteiger partial charge on any atom is -0.496 e. The molecule has 0 saturated carbocycles. The van der Waals surface area contributed by atoms with E-state index in [2.05, 4.69) is 10.4 Å². The summed E-state index contributed by atoms with van der Waals surface area (Å²) in [7, 11) is 1.58. The maximum Gasteiger partial charge on any atom is 0.416 e. The normalized spacial score (nSPS) is 11.5. The van der Waals surface area contributed by atoms with E-state index in [4.69, 9.17) is 9.47 Å². The van der Waals surface area contributed by atoms with Gasteiger partial charge in [-0.2, -0.15) is 18.3 Å². The first-order valence-corrected chi connectivity index (χ1v) is 11.8. The number of aromatic nitrogens is 2. The van der Waals surface area contributed by atoms with E-state index in [1.54, 1.807) is 38.3 Å². The van der Waals surface area contributed by atoms with E-state index >= 15 is 0 Å². The van der Waals surface area contributed by atoms with Crippen LogP contribution in [0.1, 0.15) is 27.9 Å². The summed E-state index contributed by atoms with van der Waals surface area (Å²) in [5.41, 5.74) is 2.03. The SMILES string of the molecule is COc1ccc(/C=C/C(=O)Nc2cc(C)n(Cc3cccc(C(F)(F)F)c3)n2)cc1COc1ccccc1. The third-order valence-electron chi connectivity index (χ3n) is 5.69. The Kier molecular flexibility index (Phi) is 8.15. The van der Waals surface area contributed by atoms with Crippen LogP contribution in [0.2, 0.25) is 0 Å². The van der Waals surface area contributed by atoms with Gasteiger partial charge < -0.3 is 14.8 Å². The number of nitrogens with zero attached hydrogens (tertiary/aromatic N) is 2. The zero-order valence-corrected chi connectivity index (χ0v) is 20.8. The van der Waals surface area contributed by atoms with E-state index in [1.165, 1.54) is 16.8 Å². The van der Waals surface area contributed by atoms with Crippen molar-refractivity contribution in [1.29, 1.82) is 0 Å². The van der Waals surface area contributed by atoms with Crippen LogP contribution in [-0.2, 0) is 24.1 Å². The largest absolute Gasteiger partial charge is 0.496 e. The topological polar surface area (TPSA) is 65.4 Å². The van der Waals surface area contributed by atoms with Gasteiger partial charge in [-0.3, -0.25) is 9.48 Å². The van der Waals surface area contributed by atoms with Crippen LogP contribution in [0.5, 0.6) is 11.5 Å². The molecule has 0 aliphatic rings. The van der Waals surface area contributed by atoms with Crippen molar-refractivity contribution in [3.8, 4) is 11.5 Å². The molecule has 0 bridgehead atoms. The highest BCUT2D eigenvalue weighted by atomic mass is 19.4. The number of nitrogens with one attached hydrogen (secondary N) is 1. The summed E-state index contributed by atoms with van der Waals surface area (Å²) in [5, 5.41) is 7.01. The van der Waals surface area contributed by atoms with Gasteiger partial charge >= 0.3 is 6.18 Å². The second kappa shape index (κ2) is 11.7. The lowest BCUT2D eigenvalue weighted by Gasteiger charge is -2.11. The monoisotopic (exact) mass is 521 g/mol. The highest BCUT2D eigenvalue weighted by molar-refractivity contribution is 6.01. The molecule has 0 aliphatic carbocycles. The van der Waals surface area contributed by atoms with Crippen molar-refractivity contribution in [1.82, 2.24) is 9.78 Å².